The minimum absolute atomic E-state index is 0. The Balaban J connectivity index is 0.00000225. The number of carbonyl (C=O) groups is 1. The van der Waals surface area contributed by atoms with Gasteiger partial charge in [-0.05, 0) is 51.8 Å². The molecule has 1 aromatic carbocycles. The molecule has 25 heavy (non-hydrogen) atoms. The van der Waals surface area contributed by atoms with Gasteiger partial charge in [0.15, 0.2) is 0 Å². The second-order valence-corrected chi connectivity index (χ2v) is 6.82. The molecule has 2 N–H and O–H groups in total. The van der Waals surface area contributed by atoms with Crippen molar-refractivity contribution in [3.63, 3.8) is 0 Å². The van der Waals surface area contributed by atoms with Gasteiger partial charge in [-0.2, -0.15) is 0 Å². The van der Waals surface area contributed by atoms with E-state index >= 15 is 0 Å². The van der Waals surface area contributed by atoms with Crippen LogP contribution in [0.2, 0.25) is 0 Å². The SMILES string of the molecule is Cc1cc(C(=O)NC2CCCNC2C)c(C)n1Cc1ccccc1.Cl. The van der Waals surface area contributed by atoms with Crippen LogP contribution in [0.5, 0.6) is 0 Å². The normalized spacial score (nSPS) is 20.0. The van der Waals surface area contributed by atoms with Crippen LogP contribution in [0, 0.1) is 13.8 Å². The fourth-order valence-corrected chi connectivity index (χ4v) is 3.53. The molecule has 0 spiro atoms. The minimum Gasteiger partial charge on any atom is -0.348 e. The monoisotopic (exact) mass is 361 g/mol. The van der Waals surface area contributed by atoms with Gasteiger partial charge in [0.05, 0.1) is 5.56 Å². The Morgan fingerprint density at radius 1 is 1.28 bits per heavy atom. The number of hydrogen-bond acceptors (Lipinski definition) is 2. The minimum atomic E-state index is 0. The van der Waals surface area contributed by atoms with Gasteiger partial charge in [-0.1, -0.05) is 30.3 Å². The van der Waals surface area contributed by atoms with Gasteiger partial charge in [0, 0.05) is 30.0 Å². The third-order valence-electron chi connectivity index (χ3n) is 5.08. The number of amides is 1. The van der Waals surface area contributed by atoms with Crippen LogP contribution in [-0.2, 0) is 6.54 Å². The number of hydrogen-bond donors (Lipinski definition) is 2. The van der Waals surface area contributed by atoms with E-state index in [9.17, 15) is 4.79 Å². The third-order valence-corrected chi connectivity index (χ3v) is 5.08. The van der Waals surface area contributed by atoms with E-state index in [-0.39, 0.29) is 24.4 Å². The van der Waals surface area contributed by atoms with Crippen molar-refractivity contribution in [3.8, 4) is 0 Å². The summed E-state index contributed by atoms with van der Waals surface area (Å²) in [4.78, 5) is 12.7. The summed E-state index contributed by atoms with van der Waals surface area (Å²) < 4.78 is 2.22. The molecule has 2 aromatic rings. The Labute approximate surface area is 156 Å². The summed E-state index contributed by atoms with van der Waals surface area (Å²) in [5, 5.41) is 6.65. The first-order chi connectivity index (χ1) is 11.6. The van der Waals surface area contributed by atoms with Gasteiger partial charge in [0.25, 0.3) is 5.91 Å². The van der Waals surface area contributed by atoms with Crippen molar-refractivity contribution in [3.05, 3.63) is 58.9 Å². The van der Waals surface area contributed by atoms with E-state index in [0.717, 1.165) is 42.9 Å². The van der Waals surface area contributed by atoms with Crippen LogP contribution >= 0.6 is 12.4 Å². The molecular weight excluding hydrogens is 334 g/mol. The maximum atomic E-state index is 12.7. The van der Waals surface area contributed by atoms with Gasteiger partial charge >= 0.3 is 0 Å². The summed E-state index contributed by atoms with van der Waals surface area (Å²) in [7, 11) is 0. The van der Waals surface area contributed by atoms with Gasteiger partial charge in [-0.25, -0.2) is 0 Å². The molecule has 1 amide bonds. The van der Waals surface area contributed by atoms with Crippen molar-refractivity contribution < 1.29 is 4.79 Å². The topological polar surface area (TPSA) is 46.1 Å². The maximum Gasteiger partial charge on any atom is 0.253 e. The van der Waals surface area contributed by atoms with Crippen molar-refractivity contribution in [1.82, 2.24) is 15.2 Å². The standard InChI is InChI=1S/C20H27N3O.ClH/c1-14-12-18(20(24)22-19-10-7-11-21-15(19)2)16(3)23(14)13-17-8-5-4-6-9-17;/h4-6,8-9,12,15,19,21H,7,10-11,13H2,1-3H3,(H,22,24);1H. The highest BCUT2D eigenvalue weighted by atomic mass is 35.5. The number of nitrogens with zero attached hydrogens (tertiary/aromatic N) is 1. The maximum absolute atomic E-state index is 12.7. The second kappa shape index (κ2) is 8.54. The van der Waals surface area contributed by atoms with Gasteiger partial charge in [-0.15, -0.1) is 12.4 Å². The van der Waals surface area contributed by atoms with E-state index in [1.54, 1.807) is 0 Å². The second-order valence-electron chi connectivity index (χ2n) is 6.82. The quantitative estimate of drug-likeness (QED) is 0.876. The molecule has 2 unspecified atom stereocenters. The number of rotatable bonds is 4. The molecule has 0 saturated carbocycles. The van der Waals surface area contributed by atoms with E-state index in [4.69, 9.17) is 0 Å². The number of piperidine rings is 1. The van der Waals surface area contributed by atoms with Gasteiger partial charge in [0.1, 0.15) is 0 Å². The lowest BCUT2D eigenvalue weighted by Crippen LogP contribution is -2.51. The number of carbonyl (C=O) groups excluding carboxylic acids is 1. The zero-order valence-electron chi connectivity index (χ0n) is 15.2. The average molecular weight is 362 g/mol. The number of halogens is 1. The number of benzene rings is 1. The smallest absolute Gasteiger partial charge is 0.253 e. The zero-order valence-corrected chi connectivity index (χ0v) is 16.0. The highest BCUT2D eigenvalue weighted by Crippen LogP contribution is 2.18. The first-order valence-corrected chi connectivity index (χ1v) is 8.81. The first kappa shape index (κ1) is 19.5. The van der Waals surface area contributed by atoms with E-state index in [2.05, 4.69) is 53.3 Å². The fourth-order valence-electron chi connectivity index (χ4n) is 3.53. The molecule has 1 aliphatic rings. The Hall–Kier alpha value is -1.78. The van der Waals surface area contributed by atoms with Crippen LogP contribution < -0.4 is 10.6 Å². The summed E-state index contributed by atoms with van der Waals surface area (Å²) in [6.45, 7) is 8.08. The molecular formula is C20H28ClN3O. The molecule has 1 fully saturated rings. The summed E-state index contributed by atoms with van der Waals surface area (Å²) in [5.74, 6) is 0.0444. The molecule has 2 atom stereocenters. The van der Waals surface area contributed by atoms with E-state index in [1.165, 1.54) is 5.56 Å². The molecule has 3 rings (SSSR count). The molecule has 136 valence electrons. The van der Waals surface area contributed by atoms with E-state index in [1.807, 2.05) is 19.1 Å². The number of aryl methyl sites for hydroxylation is 1. The van der Waals surface area contributed by atoms with E-state index in [0.29, 0.717) is 6.04 Å². The molecule has 2 heterocycles. The van der Waals surface area contributed by atoms with Gasteiger partial charge in [-0.3, -0.25) is 4.79 Å². The predicted octanol–water partition coefficient (Wildman–Crippen LogP) is 3.45. The summed E-state index contributed by atoms with van der Waals surface area (Å²) in [6.07, 6.45) is 2.16. The molecule has 0 aliphatic carbocycles. The summed E-state index contributed by atoms with van der Waals surface area (Å²) >= 11 is 0. The zero-order chi connectivity index (χ0) is 17.1. The van der Waals surface area contributed by atoms with Crippen molar-refractivity contribution >= 4 is 18.3 Å². The summed E-state index contributed by atoms with van der Waals surface area (Å²) in [6, 6.07) is 12.9. The lowest BCUT2D eigenvalue weighted by molar-refractivity contribution is 0.0919. The molecule has 1 saturated heterocycles. The summed E-state index contributed by atoms with van der Waals surface area (Å²) in [5.41, 5.74) is 4.19. The van der Waals surface area contributed by atoms with Crippen LogP contribution in [0.3, 0.4) is 0 Å². The van der Waals surface area contributed by atoms with Crippen molar-refractivity contribution in [1.29, 1.82) is 0 Å². The van der Waals surface area contributed by atoms with Crippen molar-refractivity contribution in [2.75, 3.05) is 6.54 Å². The van der Waals surface area contributed by atoms with Crippen LogP contribution in [0.15, 0.2) is 36.4 Å². The molecule has 1 aliphatic heterocycles. The predicted molar refractivity (Wildman–Crippen MR) is 105 cm³/mol. The molecule has 0 radical (unpaired) electrons. The number of aromatic nitrogens is 1. The Kier molecular flexibility index (Phi) is 6.68. The Morgan fingerprint density at radius 3 is 2.68 bits per heavy atom. The van der Waals surface area contributed by atoms with Crippen molar-refractivity contribution in [2.24, 2.45) is 0 Å². The highest BCUT2D eigenvalue weighted by molar-refractivity contribution is 5.96. The Bertz CT molecular complexity index is 711. The van der Waals surface area contributed by atoms with Crippen LogP contribution in [0.1, 0.15) is 47.1 Å². The first-order valence-electron chi connectivity index (χ1n) is 8.81. The molecule has 5 heteroatoms. The number of nitrogens with one attached hydrogen (secondary N) is 2. The van der Waals surface area contributed by atoms with E-state index < -0.39 is 0 Å². The van der Waals surface area contributed by atoms with Crippen LogP contribution in [0.25, 0.3) is 0 Å². The van der Waals surface area contributed by atoms with Gasteiger partial charge < -0.3 is 15.2 Å². The molecule has 0 bridgehead atoms. The Morgan fingerprint density at radius 2 is 2.00 bits per heavy atom. The lowest BCUT2D eigenvalue weighted by Gasteiger charge is -2.30. The third kappa shape index (κ3) is 4.44. The van der Waals surface area contributed by atoms with Gasteiger partial charge in [0.2, 0.25) is 0 Å². The largest absolute Gasteiger partial charge is 0.348 e. The lowest BCUT2D eigenvalue weighted by atomic mass is 9.99. The average Bonchev–Trinajstić information content (AvgIpc) is 2.86. The fraction of sp³-hybridized carbons (Fsp3) is 0.450. The molecule has 1 aromatic heterocycles. The van der Waals surface area contributed by atoms with Crippen molar-refractivity contribution in [2.45, 2.75) is 52.2 Å². The molecule has 4 nitrogen and oxygen atoms in total. The van der Waals surface area contributed by atoms with Crippen LogP contribution in [0.4, 0.5) is 0 Å². The highest BCUT2D eigenvalue weighted by Gasteiger charge is 2.24. The van der Waals surface area contributed by atoms with Crippen LogP contribution in [-0.4, -0.2) is 29.1 Å².